The first kappa shape index (κ1) is 22.5. The molecule has 2 fully saturated rings. The molecule has 1 aromatic carbocycles. The van der Waals surface area contributed by atoms with Crippen molar-refractivity contribution in [2.24, 2.45) is 4.99 Å². The van der Waals surface area contributed by atoms with Gasteiger partial charge < -0.3 is 30.1 Å². The summed E-state index contributed by atoms with van der Waals surface area (Å²) < 4.78 is 4.80. The molecule has 0 atom stereocenters. The van der Waals surface area contributed by atoms with E-state index in [2.05, 4.69) is 38.5 Å². The van der Waals surface area contributed by atoms with E-state index in [0.717, 1.165) is 55.6 Å². The van der Waals surface area contributed by atoms with Crippen molar-refractivity contribution in [1.29, 1.82) is 0 Å². The fourth-order valence-corrected chi connectivity index (χ4v) is 4.20. The number of piperidine rings is 1. The summed E-state index contributed by atoms with van der Waals surface area (Å²) in [5.41, 5.74) is 2.28. The molecule has 2 aliphatic heterocycles. The molecule has 2 saturated heterocycles. The van der Waals surface area contributed by atoms with E-state index >= 15 is 0 Å². The van der Waals surface area contributed by atoms with Gasteiger partial charge in [-0.1, -0.05) is 17.7 Å². The van der Waals surface area contributed by atoms with Crippen molar-refractivity contribution >= 4 is 29.3 Å². The van der Waals surface area contributed by atoms with Gasteiger partial charge in [0.05, 0.1) is 7.11 Å². The molecule has 2 N–H and O–H groups in total. The zero-order chi connectivity index (χ0) is 21.5. The van der Waals surface area contributed by atoms with Crippen LogP contribution in [0.4, 0.5) is 10.5 Å². The van der Waals surface area contributed by atoms with Crippen molar-refractivity contribution in [2.45, 2.75) is 25.4 Å². The van der Waals surface area contributed by atoms with Crippen LogP contribution in [0.2, 0.25) is 5.02 Å². The number of likely N-dealkylation sites (tertiary alicyclic amines) is 1. The van der Waals surface area contributed by atoms with Crippen LogP contribution in [0.5, 0.6) is 0 Å². The Balaban J connectivity index is 1.57. The predicted molar refractivity (Wildman–Crippen MR) is 121 cm³/mol. The van der Waals surface area contributed by atoms with Gasteiger partial charge in [-0.15, -0.1) is 0 Å². The number of hydrogen-bond acceptors (Lipinski definition) is 5. The summed E-state index contributed by atoms with van der Waals surface area (Å²) in [7, 11) is 5.35. The van der Waals surface area contributed by atoms with E-state index in [0.29, 0.717) is 19.6 Å². The van der Waals surface area contributed by atoms with E-state index in [1.54, 1.807) is 11.9 Å². The average molecular weight is 437 g/mol. The van der Waals surface area contributed by atoms with Gasteiger partial charge >= 0.3 is 6.09 Å². The first-order chi connectivity index (χ1) is 14.5. The number of aliphatic imine (C=N–C) groups is 1. The minimum atomic E-state index is -0.258. The number of halogens is 1. The van der Waals surface area contributed by atoms with Crippen molar-refractivity contribution in [3.8, 4) is 0 Å². The molecule has 8 nitrogen and oxygen atoms in total. The Kier molecular flexibility index (Phi) is 8.04. The van der Waals surface area contributed by atoms with Crippen LogP contribution >= 0.6 is 11.6 Å². The first-order valence-electron chi connectivity index (χ1n) is 10.5. The second-order valence-electron chi connectivity index (χ2n) is 7.83. The number of ether oxygens (including phenoxy) is 1. The number of carbonyl (C=O) groups is 1. The maximum atomic E-state index is 11.7. The minimum absolute atomic E-state index is 0.258. The Hall–Kier alpha value is -2.19. The van der Waals surface area contributed by atoms with E-state index in [1.165, 1.54) is 12.8 Å². The Bertz CT molecular complexity index is 743. The van der Waals surface area contributed by atoms with Crippen molar-refractivity contribution in [3.05, 3.63) is 28.8 Å². The number of carbonyl (C=O) groups excluding carboxylic acids is 1. The lowest BCUT2D eigenvalue weighted by Crippen LogP contribution is -2.49. The average Bonchev–Trinajstić information content (AvgIpc) is 2.77. The standard InChI is InChI=1S/C21H33ClN6O2/c1-23-20(25-16-7-9-28(10-8-16)21(29)30-3)24-15-17-18(22)5-4-6-19(17)27-13-11-26(2)12-14-27/h4-6,16H,7-15H2,1-3H3,(H2,23,24,25). The van der Waals surface area contributed by atoms with Gasteiger partial charge in [0.1, 0.15) is 0 Å². The highest BCUT2D eigenvalue weighted by Gasteiger charge is 2.24. The second-order valence-corrected chi connectivity index (χ2v) is 8.24. The molecule has 0 bridgehead atoms. The number of anilines is 1. The van der Waals surface area contributed by atoms with Crippen LogP contribution in [-0.4, -0.2) is 88.4 Å². The van der Waals surface area contributed by atoms with Gasteiger partial charge in [0.25, 0.3) is 0 Å². The fraction of sp³-hybridized carbons (Fsp3) is 0.619. The van der Waals surface area contributed by atoms with Gasteiger partial charge in [0, 0.05) is 75.2 Å². The zero-order valence-corrected chi connectivity index (χ0v) is 18.9. The number of piperazine rings is 1. The van der Waals surface area contributed by atoms with Gasteiger partial charge in [0.2, 0.25) is 0 Å². The van der Waals surface area contributed by atoms with Gasteiger partial charge in [-0.3, -0.25) is 4.99 Å². The monoisotopic (exact) mass is 436 g/mol. The summed E-state index contributed by atoms with van der Waals surface area (Å²) in [5, 5.41) is 7.66. The predicted octanol–water partition coefficient (Wildman–Crippen LogP) is 1.99. The number of benzene rings is 1. The molecule has 1 aromatic rings. The molecular formula is C21H33ClN6O2. The number of nitrogens with zero attached hydrogens (tertiary/aromatic N) is 4. The second kappa shape index (κ2) is 10.7. The number of guanidine groups is 1. The van der Waals surface area contributed by atoms with Crippen LogP contribution in [0.1, 0.15) is 18.4 Å². The van der Waals surface area contributed by atoms with Crippen LogP contribution in [0.3, 0.4) is 0 Å². The quantitative estimate of drug-likeness (QED) is 0.555. The van der Waals surface area contributed by atoms with Gasteiger partial charge in [0.15, 0.2) is 5.96 Å². The Morgan fingerprint density at radius 3 is 2.53 bits per heavy atom. The van der Waals surface area contributed by atoms with E-state index < -0.39 is 0 Å². The number of amides is 1. The molecule has 2 heterocycles. The molecule has 0 aromatic heterocycles. The molecule has 2 aliphatic rings. The highest BCUT2D eigenvalue weighted by atomic mass is 35.5. The van der Waals surface area contributed by atoms with Crippen molar-refractivity contribution in [2.75, 3.05) is 65.4 Å². The lowest BCUT2D eigenvalue weighted by atomic mass is 10.1. The first-order valence-corrected chi connectivity index (χ1v) is 10.9. The largest absolute Gasteiger partial charge is 0.453 e. The maximum Gasteiger partial charge on any atom is 0.409 e. The lowest BCUT2D eigenvalue weighted by molar-refractivity contribution is 0.111. The number of likely N-dealkylation sites (N-methyl/N-ethyl adjacent to an activating group) is 1. The van der Waals surface area contributed by atoms with E-state index in [-0.39, 0.29) is 12.1 Å². The summed E-state index contributed by atoms with van der Waals surface area (Å²) in [5.74, 6) is 0.746. The number of hydrogen-bond donors (Lipinski definition) is 2. The Morgan fingerprint density at radius 1 is 1.20 bits per heavy atom. The smallest absolute Gasteiger partial charge is 0.409 e. The van der Waals surface area contributed by atoms with E-state index in [4.69, 9.17) is 16.3 Å². The number of methoxy groups -OCH3 is 1. The molecule has 9 heteroatoms. The molecule has 30 heavy (non-hydrogen) atoms. The molecule has 0 unspecified atom stereocenters. The zero-order valence-electron chi connectivity index (χ0n) is 18.2. The number of rotatable bonds is 4. The van der Waals surface area contributed by atoms with Crippen molar-refractivity contribution in [1.82, 2.24) is 20.4 Å². The van der Waals surface area contributed by atoms with Crippen LogP contribution in [0.25, 0.3) is 0 Å². The minimum Gasteiger partial charge on any atom is -0.453 e. The number of nitrogens with one attached hydrogen (secondary N) is 2. The third-order valence-electron chi connectivity index (χ3n) is 5.86. The third kappa shape index (κ3) is 5.70. The van der Waals surface area contributed by atoms with E-state index in [9.17, 15) is 4.79 Å². The van der Waals surface area contributed by atoms with Gasteiger partial charge in [-0.25, -0.2) is 4.79 Å². The summed E-state index contributed by atoms with van der Waals surface area (Å²) in [4.78, 5) is 22.5. The summed E-state index contributed by atoms with van der Waals surface area (Å²) in [6.07, 6.45) is 1.45. The van der Waals surface area contributed by atoms with Crippen LogP contribution < -0.4 is 15.5 Å². The topological polar surface area (TPSA) is 72.4 Å². The molecule has 1 amide bonds. The molecule has 0 saturated carbocycles. The molecule has 0 aliphatic carbocycles. The van der Waals surface area contributed by atoms with Crippen molar-refractivity contribution < 1.29 is 9.53 Å². The molecule has 3 rings (SSSR count). The Labute approximate surface area is 184 Å². The third-order valence-corrected chi connectivity index (χ3v) is 6.22. The molecule has 0 radical (unpaired) electrons. The summed E-state index contributed by atoms with van der Waals surface area (Å²) in [6.45, 7) is 6.05. The van der Waals surface area contributed by atoms with Gasteiger partial charge in [-0.2, -0.15) is 0 Å². The van der Waals surface area contributed by atoms with Gasteiger partial charge in [-0.05, 0) is 32.0 Å². The SMILES string of the molecule is CN=C(NCc1c(Cl)cccc1N1CCN(C)CC1)NC1CCN(C(=O)OC)CC1. The Morgan fingerprint density at radius 2 is 1.90 bits per heavy atom. The maximum absolute atomic E-state index is 11.7. The van der Waals surface area contributed by atoms with Crippen LogP contribution in [0, 0.1) is 0 Å². The lowest BCUT2D eigenvalue weighted by Gasteiger charge is -2.35. The highest BCUT2D eigenvalue weighted by Crippen LogP contribution is 2.28. The highest BCUT2D eigenvalue weighted by molar-refractivity contribution is 6.31. The normalized spacial score (nSPS) is 19.0. The summed E-state index contributed by atoms with van der Waals surface area (Å²) >= 11 is 6.57. The molecule has 0 spiro atoms. The van der Waals surface area contributed by atoms with Crippen LogP contribution in [-0.2, 0) is 11.3 Å². The fourth-order valence-electron chi connectivity index (χ4n) is 3.96. The molecule has 166 valence electrons. The van der Waals surface area contributed by atoms with Crippen LogP contribution in [0.15, 0.2) is 23.2 Å². The van der Waals surface area contributed by atoms with Crippen molar-refractivity contribution in [3.63, 3.8) is 0 Å². The molecular weight excluding hydrogens is 404 g/mol. The van der Waals surface area contributed by atoms with E-state index in [1.807, 2.05) is 12.1 Å². The summed E-state index contributed by atoms with van der Waals surface area (Å²) in [6, 6.07) is 6.37.